The van der Waals surface area contributed by atoms with E-state index in [9.17, 15) is 14.9 Å². The summed E-state index contributed by atoms with van der Waals surface area (Å²) in [5.74, 6) is -0.0625. The Morgan fingerprint density at radius 1 is 1.19 bits per heavy atom. The van der Waals surface area contributed by atoms with Crippen LogP contribution in [0.2, 0.25) is 0 Å². The topological polar surface area (TPSA) is 113 Å². The molecule has 0 spiro atoms. The zero-order chi connectivity index (χ0) is 19.2. The molecule has 1 heterocycles. The number of nitro benzene ring substituents is 1. The largest absolute Gasteiger partial charge is 0.462 e. The third kappa shape index (κ3) is 4.32. The first-order valence-electron chi connectivity index (χ1n) is 8.30. The number of tetrazole rings is 1. The average Bonchev–Trinajstić information content (AvgIpc) is 3.14. The van der Waals surface area contributed by atoms with Gasteiger partial charge in [0.05, 0.1) is 23.6 Å². The minimum Gasteiger partial charge on any atom is -0.462 e. The monoisotopic (exact) mass is 367 g/mol. The lowest BCUT2D eigenvalue weighted by molar-refractivity contribution is -0.385. The number of aromatic nitrogens is 4. The minimum absolute atomic E-state index is 0.107. The van der Waals surface area contributed by atoms with E-state index < -0.39 is 10.9 Å². The molecule has 27 heavy (non-hydrogen) atoms. The van der Waals surface area contributed by atoms with Crippen LogP contribution in [-0.2, 0) is 11.3 Å². The molecule has 0 radical (unpaired) electrons. The Kier molecular flexibility index (Phi) is 5.50. The van der Waals surface area contributed by atoms with Crippen LogP contribution in [0.1, 0.15) is 22.3 Å². The van der Waals surface area contributed by atoms with Gasteiger partial charge in [-0.1, -0.05) is 36.4 Å². The summed E-state index contributed by atoms with van der Waals surface area (Å²) >= 11 is 0. The van der Waals surface area contributed by atoms with Gasteiger partial charge in [-0.25, -0.2) is 4.79 Å². The number of carbonyl (C=O) groups is 1. The highest BCUT2D eigenvalue weighted by Gasteiger charge is 2.18. The number of aryl methyl sites for hydroxylation is 1. The fourth-order valence-corrected chi connectivity index (χ4v) is 2.53. The molecule has 9 nitrogen and oxygen atoms in total. The van der Waals surface area contributed by atoms with Crippen molar-refractivity contribution in [1.29, 1.82) is 0 Å². The van der Waals surface area contributed by atoms with E-state index >= 15 is 0 Å². The van der Waals surface area contributed by atoms with Crippen LogP contribution in [0.5, 0.6) is 0 Å². The van der Waals surface area contributed by atoms with Crippen LogP contribution in [0.25, 0.3) is 11.4 Å². The van der Waals surface area contributed by atoms with Crippen LogP contribution in [0.15, 0.2) is 48.5 Å². The number of hydrogen-bond donors (Lipinski definition) is 0. The van der Waals surface area contributed by atoms with Crippen molar-refractivity contribution in [3.05, 3.63) is 69.8 Å². The molecule has 2 aromatic carbocycles. The molecule has 0 aliphatic rings. The summed E-state index contributed by atoms with van der Waals surface area (Å²) in [7, 11) is 0. The molecule has 0 saturated carbocycles. The fourth-order valence-electron chi connectivity index (χ4n) is 2.53. The average molecular weight is 367 g/mol. The Bertz CT molecular complexity index is 955. The highest BCUT2D eigenvalue weighted by atomic mass is 16.6. The maximum atomic E-state index is 12.1. The van der Waals surface area contributed by atoms with E-state index in [-0.39, 0.29) is 23.4 Å². The highest BCUT2D eigenvalue weighted by molar-refractivity contribution is 5.92. The second-order valence-corrected chi connectivity index (χ2v) is 5.77. The Morgan fingerprint density at radius 3 is 2.70 bits per heavy atom. The number of carbonyl (C=O) groups excluding carboxylic acids is 1. The summed E-state index contributed by atoms with van der Waals surface area (Å²) in [4.78, 5) is 24.0. The predicted octanol–water partition coefficient (Wildman–Crippen LogP) is 2.80. The van der Waals surface area contributed by atoms with Gasteiger partial charge in [0.1, 0.15) is 0 Å². The third-order valence-corrected chi connectivity index (χ3v) is 3.94. The number of nitrogens with zero attached hydrogens (tertiary/aromatic N) is 5. The van der Waals surface area contributed by atoms with Gasteiger partial charge in [-0.2, -0.15) is 4.80 Å². The van der Waals surface area contributed by atoms with E-state index in [1.165, 1.54) is 29.9 Å². The first-order valence-corrected chi connectivity index (χ1v) is 8.30. The first kappa shape index (κ1) is 18.2. The quantitative estimate of drug-likeness (QED) is 0.273. The van der Waals surface area contributed by atoms with Crippen LogP contribution in [0, 0.1) is 17.0 Å². The van der Waals surface area contributed by atoms with Crippen molar-refractivity contribution in [3.8, 4) is 11.4 Å². The molecule has 138 valence electrons. The number of nitro groups is 1. The molecule has 1 aromatic heterocycles. The number of hydrogen-bond acceptors (Lipinski definition) is 7. The number of ether oxygens (including phenoxy) is 1. The van der Waals surface area contributed by atoms with Gasteiger partial charge in [0.15, 0.2) is 0 Å². The summed E-state index contributed by atoms with van der Waals surface area (Å²) in [5.41, 5.74) is 1.24. The Hall–Kier alpha value is -3.62. The van der Waals surface area contributed by atoms with Gasteiger partial charge in [0, 0.05) is 23.6 Å². The van der Waals surface area contributed by atoms with Crippen molar-refractivity contribution >= 4 is 11.7 Å². The Labute approximate surface area is 154 Å². The summed E-state index contributed by atoms with van der Waals surface area (Å²) in [6.45, 7) is 2.10. The molecule has 3 rings (SSSR count). The van der Waals surface area contributed by atoms with Gasteiger partial charge in [0.2, 0.25) is 5.82 Å². The smallest absolute Gasteiger partial charge is 0.338 e. The SMILES string of the molecule is Cc1c(C(=O)OCCCn2nnc(-c3ccccc3)n2)cccc1[N+](=O)[O-]. The molecule has 0 aliphatic heterocycles. The van der Waals surface area contributed by atoms with Crippen LogP contribution in [0.3, 0.4) is 0 Å². The molecule has 0 amide bonds. The van der Waals surface area contributed by atoms with E-state index in [0.29, 0.717) is 18.8 Å². The summed E-state index contributed by atoms with van der Waals surface area (Å²) < 4.78 is 5.21. The van der Waals surface area contributed by atoms with Crippen molar-refractivity contribution < 1.29 is 14.5 Å². The molecule has 0 saturated heterocycles. The molecule has 0 N–H and O–H groups in total. The van der Waals surface area contributed by atoms with Gasteiger partial charge < -0.3 is 4.74 Å². The molecule has 0 atom stereocenters. The zero-order valence-electron chi connectivity index (χ0n) is 14.6. The molecule has 0 bridgehead atoms. The second kappa shape index (κ2) is 8.17. The number of esters is 1. The van der Waals surface area contributed by atoms with Crippen LogP contribution < -0.4 is 0 Å². The molecule has 3 aromatic rings. The van der Waals surface area contributed by atoms with E-state index in [1.54, 1.807) is 0 Å². The molecule has 0 unspecified atom stereocenters. The second-order valence-electron chi connectivity index (χ2n) is 5.77. The van der Waals surface area contributed by atoms with E-state index in [2.05, 4.69) is 15.4 Å². The maximum Gasteiger partial charge on any atom is 0.338 e. The molecular weight excluding hydrogens is 350 g/mol. The third-order valence-electron chi connectivity index (χ3n) is 3.94. The summed E-state index contributed by atoms with van der Waals surface area (Å²) in [6.07, 6.45) is 0.490. The first-order chi connectivity index (χ1) is 13.1. The van der Waals surface area contributed by atoms with Gasteiger partial charge in [0.25, 0.3) is 5.69 Å². The normalized spacial score (nSPS) is 10.6. The Balaban J connectivity index is 1.52. The predicted molar refractivity (Wildman–Crippen MR) is 96.0 cm³/mol. The van der Waals surface area contributed by atoms with E-state index in [4.69, 9.17) is 4.74 Å². The van der Waals surface area contributed by atoms with Crippen molar-refractivity contribution in [3.63, 3.8) is 0 Å². The number of rotatable bonds is 7. The van der Waals surface area contributed by atoms with Gasteiger partial charge in [-0.15, -0.1) is 10.2 Å². The molecule has 0 fully saturated rings. The molecule has 9 heteroatoms. The van der Waals surface area contributed by atoms with Crippen LogP contribution >= 0.6 is 0 Å². The summed E-state index contributed by atoms with van der Waals surface area (Å²) in [6, 6.07) is 13.8. The lowest BCUT2D eigenvalue weighted by Crippen LogP contribution is -2.12. The van der Waals surface area contributed by atoms with Gasteiger partial charge in [-0.05, 0) is 18.2 Å². The van der Waals surface area contributed by atoms with E-state index in [1.807, 2.05) is 30.3 Å². The summed E-state index contributed by atoms with van der Waals surface area (Å²) in [5, 5.41) is 23.2. The fraction of sp³-hybridized carbons (Fsp3) is 0.222. The highest BCUT2D eigenvalue weighted by Crippen LogP contribution is 2.21. The van der Waals surface area contributed by atoms with Crippen molar-refractivity contribution in [1.82, 2.24) is 20.2 Å². The Morgan fingerprint density at radius 2 is 1.96 bits per heavy atom. The molecular formula is C18H17N5O4. The lowest BCUT2D eigenvalue weighted by atomic mass is 10.1. The number of benzene rings is 2. The van der Waals surface area contributed by atoms with Gasteiger partial charge >= 0.3 is 5.97 Å². The molecule has 0 aliphatic carbocycles. The zero-order valence-corrected chi connectivity index (χ0v) is 14.6. The van der Waals surface area contributed by atoms with E-state index in [0.717, 1.165) is 5.56 Å². The van der Waals surface area contributed by atoms with Gasteiger partial charge in [-0.3, -0.25) is 10.1 Å². The minimum atomic E-state index is -0.590. The maximum absolute atomic E-state index is 12.1. The van der Waals surface area contributed by atoms with Crippen LogP contribution in [-0.4, -0.2) is 37.7 Å². The standard InChI is InChI=1S/C18H17N5O4/c1-13-15(9-5-10-16(13)23(25)26)18(24)27-12-6-11-22-20-17(19-21-22)14-7-3-2-4-8-14/h2-5,7-10H,6,11-12H2,1H3. The van der Waals surface area contributed by atoms with Crippen molar-refractivity contribution in [2.75, 3.05) is 6.61 Å². The van der Waals surface area contributed by atoms with Crippen molar-refractivity contribution in [2.45, 2.75) is 19.9 Å². The van der Waals surface area contributed by atoms with Crippen molar-refractivity contribution in [2.24, 2.45) is 0 Å². The van der Waals surface area contributed by atoms with Crippen LogP contribution in [0.4, 0.5) is 5.69 Å². The lowest BCUT2D eigenvalue weighted by Gasteiger charge is -2.07.